The Bertz CT molecular complexity index is 1320. The summed E-state index contributed by atoms with van der Waals surface area (Å²) in [5.41, 5.74) is -1.72. The van der Waals surface area contributed by atoms with Crippen molar-refractivity contribution >= 4 is 25.0 Å². The minimum absolute atomic E-state index is 0.202. The molecular formula is C24H31FN5O7P. The number of aliphatic hydroxyl groups is 1. The number of nitrogens with one attached hydrogen (secondary N) is 1. The van der Waals surface area contributed by atoms with Crippen LogP contribution in [-0.2, 0) is 23.4 Å². The van der Waals surface area contributed by atoms with Crippen molar-refractivity contribution in [1.29, 1.82) is 0 Å². The summed E-state index contributed by atoms with van der Waals surface area (Å²) in [5.74, 6) is -0.0865. The van der Waals surface area contributed by atoms with Crippen molar-refractivity contribution < 1.29 is 37.4 Å². The average Bonchev–Trinajstić information content (AvgIpc) is 3.29. The van der Waals surface area contributed by atoms with Crippen LogP contribution in [0.25, 0.3) is 11.3 Å². The van der Waals surface area contributed by atoms with Crippen LogP contribution in [0, 0.1) is 6.92 Å². The quantitative estimate of drug-likeness (QED) is 0.283. The first kappa shape index (κ1) is 28.1. The first-order chi connectivity index (χ1) is 17.9. The summed E-state index contributed by atoms with van der Waals surface area (Å²) in [6.07, 6.45) is -1.74. The van der Waals surface area contributed by atoms with Crippen molar-refractivity contribution in [3.63, 3.8) is 0 Å². The molecule has 1 aliphatic rings. The van der Waals surface area contributed by atoms with E-state index in [0.29, 0.717) is 11.5 Å². The number of aromatic nitrogens is 4. The fourth-order valence-electron chi connectivity index (χ4n) is 4.05. The molecule has 1 fully saturated rings. The van der Waals surface area contributed by atoms with Gasteiger partial charge in [0.25, 0.3) is 0 Å². The van der Waals surface area contributed by atoms with Crippen molar-refractivity contribution in [2.75, 3.05) is 6.61 Å². The van der Waals surface area contributed by atoms with Gasteiger partial charge in [-0.15, -0.1) is 0 Å². The number of benzene rings is 1. The maximum absolute atomic E-state index is 15.9. The lowest BCUT2D eigenvalue weighted by Gasteiger charge is -2.25. The highest BCUT2D eigenvalue weighted by Gasteiger charge is 2.56. The van der Waals surface area contributed by atoms with E-state index in [0.717, 1.165) is 0 Å². The topological polar surface area (TPSA) is 147 Å². The molecule has 0 saturated carbocycles. The second-order valence-corrected chi connectivity index (χ2v) is 11.1. The average molecular weight is 552 g/mol. The number of ether oxygens (including phenoxy) is 2. The number of aryl methyl sites for hydroxylation is 1. The van der Waals surface area contributed by atoms with Crippen LogP contribution in [0.2, 0.25) is 0 Å². The molecule has 1 aromatic carbocycles. The van der Waals surface area contributed by atoms with Gasteiger partial charge < -0.3 is 19.1 Å². The molecule has 0 amide bonds. The first-order valence-electron chi connectivity index (χ1n) is 12.1. The largest absolute Gasteiger partial charge is 0.462 e. The smallest absolute Gasteiger partial charge is 0.459 e. The number of esters is 1. The SMILES string of the molecule is Cc1nc2nccnc2n1[C@@H]1O[C@H](COP(=O)(N[C@H](C)C(=O)OC(C)C)Oc2ccccc2)[C@@H](O)[C@@]1(C)F. The number of carbonyl (C=O) groups is 1. The number of para-hydroxylation sites is 1. The Balaban J connectivity index is 1.55. The minimum Gasteiger partial charge on any atom is -0.462 e. The van der Waals surface area contributed by atoms with Crippen molar-refractivity contribution in [2.24, 2.45) is 0 Å². The first-order valence-corrected chi connectivity index (χ1v) is 13.6. The Kier molecular flexibility index (Phi) is 8.15. The predicted octanol–water partition coefficient (Wildman–Crippen LogP) is 3.25. The second kappa shape index (κ2) is 11.0. The number of fused-ring (bicyclic) bond motifs is 1. The molecule has 0 radical (unpaired) electrons. The summed E-state index contributed by atoms with van der Waals surface area (Å²) in [6, 6.07) is 7.11. The molecule has 3 aromatic rings. The van der Waals surface area contributed by atoms with Crippen LogP contribution in [0.5, 0.6) is 5.75 Å². The van der Waals surface area contributed by atoms with E-state index in [-0.39, 0.29) is 11.4 Å². The molecule has 38 heavy (non-hydrogen) atoms. The van der Waals surface area contributed by atoms with Gasteiger partial charge in [0, 0.05) is 12.4 Å². The predicted molar refractivity (Wildman–Crippen MR) is 134 cm³/mol. The molecule has 6 atom stereocenters. The number of carbonyl (C=O) groups excluding carboxylic acids is 1. The monoisotopic (exact) mass is 551 g/mol. The van der Waals surface area contributed by atoms with Gasteiger partial charge in [-0.3, -0.25) is 13.9 Å². The number of alkyl halides is 1. The fourth-order valence-corrected chi connectivity index (χ4v) is 5.55. The standard InChI is InChI=1S/C24H31FN5O7P/c1-14(2)35-22(32)15(3)29-38(33,37-17-9-7-6-8-10-17)34-13-18-19(31)24(5,25)23(36-18)30-16(4)28-20-21(30)27-12-11-26-20/h6-12,14-15,18-19,23,31H,13H2,1-5H3,(H,29,33)/t15-,18-,19-,23-,24-,38?/m1/s1. The van der Waals surface area contributed by atoms with Crippen molar-refractivity contribution in [3.8, 4) is 5.75 Å². The lowest BCUT2D eigenvalue weighted by molar-refractivity contribution is -0.149. The zero-order valence-corrected chi connectivity index (χ0v) is 22.5. The van der Waals surface area contributed by atoms with Gasteiger partial charge in [0.05, 0.1) is 12.7 Å². The third-order valence-electron chi connectivity index (χ3n) is 5.89. The zero-order valence-electron chi connectivity index (χ0n) is 21.6. The van der Waals surface area contributed by atoms with E-state index in [1.54, 1.807) is 51.1 Å². The van der Waals surface area contributed by atoms with Crippen LogP contribution in [0.3, 0.4) is 0 Å². The molecule has 3 heterocycles. The summed E-state index contributed by atoms with van der Waals surface area (Å²) in [4.78, 5) is 25.0. The molecule has 0 aliphatic carbocycles. The number of hydrogen-bond acceptors (Lipinski definition) is 10. The zero-order chi connectivity index (χ0) is 27.7. The summed E-state index contributed by atoms with van der Waals surface area (Å²) in [6.45, 7) is 7.10. The Hall–Kier alpha value is -2.96. The third kappa shape index (κ3) is 5.87. The molecule has 206 valence electrons. The van der Waals surface area contributed by atoms with Gasteiger partial charge in [-0.05, 0) is 46.8 Å². The van der Waals surface area contributed by atoms with E-state index in [1.165, 1.54) is 30.8 Å². The fraction of sp³-hybridized carbons (Fsp3) is 0.500. The van der Waals surface area contributed by atoms with Gasteiger partial charge in [0.15, 0.2) is 23.2 Å². The van der Waals surface area contributed by atoms with Gasteiger partial charge in [-0.25, -0.2) is 23.9 Å². The highest BCUT2D eigenvalue weighted by molar-refractivity contribution is 7.52. The molecule has 14 heteroatoms. The van der Waals surface area contributed by atoms with Gasteiger partial charge in [-0.1, -0.05) is 18.2 Å². The lowest BCUT2D eigenvalue weighted by atomic mass is 9.98. The Labute approximate surface area is 219 Å². The molecule has 1 aliphatic heterocycles. The molecule has 4 rings (SSSR count). The van der Waals surface area contributed by atoms with Crippen LogP contribution in [-0.4, -0.2) is 67.2 Å². The van der Waals surface area contributed by atoms with Gasteiger partial charge in [0.1, 0.15) is 29.8 Å². The van der Waals surface area contributed by atoms with E-state index in [2.05, 4.69) is 20.0 Å². The summed E-state index contributed by atoms with van der Waals surface area (Å²) < 4.78 is 53.3. The summed E-state index contributed by atoms with van der Waals surface area (Å²) in [5, 5.41) is 13.4. The van der Waals surface area contributed by atoms with Gasteiger partial charge in [0.2, 0.25) is 0 Å². The molecule has 0 bridgehead atoms. The van der Waals surface area contributed by atoms with Crippen LogP contribution < -0.4 is 9.61 Å². The highest BCUT2D eigenvalue weighted by Crippen LogP contribution is 2.48. The normalized spacial score (nSPS) is 25.8. The summed E-state index contributed by atoms with van der Waals surface area (Å²) >= 11 is 0. The van der Waals surface area contributed by atoms with E-state index in [4.69, 9.17) is 18.5 Å². The molecule has 1 unspecified atom stereocenters. The molecule has 1 saturated heterocycles. The Morgan fingerprint density at radius 1 is 1.26 bits per heavy atom. The van der Waals surface area contributed by atoms with Gasteiger partial charge >= 0.3 is 13.7 Å². The van der Waals surface area contributed by atoms with E-state index in [1.807, 2.05) is 0 Å². The van der Waals surface area contributed by atoms with E-state index >= 15 is 4.39 Å². The number of halogens is 1. The number of hydrogen-bond donors (Lipinski definition) is 2. The molecule has 12 nitrogen and oxygen atoms in total. The van der Waals surface area contributed by atoms with Crippen molar-refractivity contribution in [3.05, 3.63) is 48.5 Å². The summed E-state index contributed by atoms with van der Waals surface area (Å²) in [7, 11) is -4.25. The Morgan fingerprint density at radius 3 is 2.63 bits per heavy atom. The molecule has 2 N–H and O–H groups in total. The minimum atomic E-state index is -4.25. The van der Waals surface area contributed by atoms with Crippen molar-refractivity contribution in [2.45, 2.75) is 70.9 Å². The maximum atomic E-state index is 15.9. The lowest BCUT2D eigenvalue weighted by Crippen LogP contribution is -2.41. The number of imidazole rings is 1. The molecule has 2 aromatic heterocycles. The van der Waals surface area contributed by atoms with Crippen LogP contribution in [0.4, 0.5) is 4.39 Å². The number of aliphatic hydroxyl groups excluding tert-OH is 1. The van der Waals surface area contributed by atoms with Crippen LogP contribution in [0.1, 0.15) is 39.7 Å². The second-order valence-electron chi connectivity index (χ2n) is 9.39. The number of rotatable bonds is 10. The van der Waals surface area contributed by atoms with Crippen molar-refractivity contribution in [1.82, 2.24) is 24.6 Å². The molecule has 0 spiro atoms. The maximum Gasteiger partial charge on any atom is 0.459 e. The van der Waals surface area contributed by atoms with Crippen LogP contribution in [0.15, 0.2) is 42.7 Å². The van der Waals surface area contributed by atoms with E-state index < -0.39 is 56.6 Å². The van der Waals surface area contributed by atoms with Crippen LogP contribution >= 0.6 is 7.75 Å². The third-order valence-corrected chi connectivity index (χ3v) is 7.53. The van der Waals surface area contributed by atoms with Gasteiger partial charge in [-0.2, -0.15) is 5.09 Å². The highest BCUT2D eigenvalue weighted by atomic mass is 31.2. The molecular weight excluding hydrogens is 520 g/mol. The van der Waals surface area contributed by atoms with E-state index in [9.17, 15) is 14.5 Å². The Morgan fingerprint density at radius 2 is 1.95 bits per heavy atom. The number of nitrogens with zero attached hydrogens (tertiary/aromatic N) is 4.